The second kappa shape index (κ2) is 9.28. The van der Waals surface area contributed by atoms with Gasteiger partial charge in [-0.2, -0.15) is 0 Å². The minimum Gasteiger partial charge on any atom is -0.482 e. The van der Waals surface area contributed by atoms with E-state index in [4.69, 9.17) is 4.74 Å². The number of benzene rings is 3. The summed E-state index contributed by atoms with van der Waals surface area (Å²) in [4.78, 5) is 12.4. The average Bonchev–Trinajstić information content (AvgIpc) is 2.72. The highest BCUT2D eigenvalue weighted by atomic mass is 32.2. The number of thioether (sulfide) groups is 1. The second-order valence-electron chi connectivity index (χ2n) is 6.14. The lowest BCUT2D eigenvalue weighted by Crippen LogP contribution is -2.12. The number of carbonyl (C=O) groups excluding carboxylic acids is 1. The topological polar surface area (TPSA) is 35.5 Å². The summed E-state index contributed by atoms with van der Waals surface area (Å²) in [6.07, 6.45) is 0. The Morgan fingerprint density at radius 2 is 1.63 bits per heavy atom. The fourth-order valence-electron chi connectivity index (χ4n) is 2.66. The van der Waals surface area contributed by atoms with Gasteiger partial charge >= 0.3 is 5.97 Å². The SMILES string of the molecule is COC(=O)COc1ccc(SCc2ccc(-c3ccccc3)cc2)cc1C. The van der Waals surface area contributed by atoms with E-state index < -0.39 is 0 Å². The van der Waals surface area contributed by atoms with Crippen molar-refractivity contribution in [2.75, 3.05) is 13.7 Å². The molecule has 0 fully saturated rings. The highest BCUT2D eigenvalue weighted by molar-refractivity contribution is 7.98. The number of hydrogen-bond acceptors (Lipinski definition) is 4. The van der Waals surface area contributed by atoms with Crippen LogP contribution < -0.4 is 4.74 Å². The summed E-state index contributed by atoms with van der Waals surface area (Å²) in [6.45, 7) is 1.91. The Bertz CT molecular complexity index is 889. The second-order valence-corrected chi connectivity index (χ2v) is 7.19. The number of hydrogen-bond donors (Lipinski definition) is 0. The lowest BCUT2D eigenvalue weighted by molar-refractivity contribution is -0.142. The lowest BCUT2D eigenvalue weighted by atomic mass is 10.0. The summed E-state index contributed by atoms with van der Waals surface area (Å²) >= 11 is 1.78. The van der Waals surface area contributed by atoms with Gasteiger partial charge in [0.1, 0.15) is 5.75 Å². The first kappa shape index (κ1) is 19.1. The van der Waals surface area contributed by atoms with Crippen molar-refractivity contribution in [3.8, 4) is 16.9 Å². The molecule has 3 aromatic rings. The Morgan fingerprint density at radius 1 is 0.926 bits per heavy atom. The molecule has 0 saturated carbocycles. The van der Waals surface area contributed by atoms with E-state index in [0.29, 0.717) is 5.75 Å². The van der Waals surface area contributed by atoms with Crippen molar-refractivity contribution in [3.63, 3.8) is 0 Å². The minimum atomic E-state index is -0.383. The standard InChI is InChI=1S/C23H22O3S/c1-17-14-21(12-13-22(17)26-15-23(24)25-2)27-16-18-8-10-20(11-9-18)19-6-4-3-5-7-19/h3-14H,15-16H2,1-2H3. The van der Waals surface area contributed by atoms with Crippen LogP contribution in [0, 0.1) is 6.92 Å². The van der Waals surface area contributed by atoms with Crippen LogP contribution in [0.25, 0.3) is 11.1 Å². The zero-order chi connectivity index (χ0) is 19.1. The Balaban J connectivity index is 1.58. The van der Waals surface area contributed by atoms with Crippen molar-refractivity contribution in [1.29, 1.82) is 0 Å². The van der Waals surface area contributed by atoms with Gasteiger partial charge in [-0.05, 0) is 47.4 Å². The zero-order valence-corrected chi connectivity index (χ0v) is 16.3. The molecule has 3 nitrogen and oxygen atoms in total. The molecule has 4 heteroatoms. The van der Waals surface area contributed by atoms with Crippen LogP contribution in [0.2, 0.25) is 0 Å². The maximum atomic E-state index is 11.2. The van der Waals surface area contributed by atoms with Crippen molar-refractivity contribution in [2.24, 2.45) is 0 Å². The van der Waals surface area contributed by atoms with Crippen LogP contribution in [-0.2, 0) is 15.3 Å². The molecule has 0 saturated heterocycles. The van der Waals surface area contributed by atoms with Gasteiger partial charge in [-0.25, -0.2) is 4.79 Å². The van der Waals surface area contributed by atoms with E-state index in [1.807, 2.05) is 25.1 Å². The van der Waals surface area contributed by atoms with Gasteiger partial charge < -0.3 is 9.47 Å². The van der Waals surface area contributed by atoms with Crippen LogP contribution in [0.1, 0.15) is 11.1 Å². The summed E-state index contributed by atoms with van der Waals surface area (Å²) in [5.74, 6) is 1.22. The third-order valence-corrected chi connectivity index (χ3v) is 5.25. The number of ether oxygens (including phenoxy) is 2. The van der Waals surface area contributed by atoms with E-state index in [2.05, 4.69) is 59.3 Å². The quantitative estimate of drug-likeness (QED) is 0.401. The predicted octanol–water partition coefficient (Wildman–Crippen LogP) is 5.51. The van der Waals surface area contributed by atoms with Crippen LogP contribution in [0.15, 0.2) is 77.7 Å². The maximum Gasteiger partial charge on any atom is 0.343 e. The van der Waals surface area contributed by atoms with Crippen molar-refractivity contribution in [3.05, 3.63) is 83.9 Å². The van der Waals surface area contributed by atoms with Gasteiger partial charge in [0.25, 0.3) is 0 Å². The fourth-order valence-corrected chi connectivity index (χ4v) is 3.61. The monoisotopic (exact) mass is 378 g/mol. The van der Waals surface area contributed by atoms with Gasteiger partial charge in [-0.15, -0.1) is 11.8 Å². The lowest BCUT2D eigenvalue weighted by Gasteiger charge is -2.10. The molecule has 0 spiro atoms. The number of methoxy groups -OCH3 is 1. The van der Waals surface area contributed by atoms with E-state index in [9.17, 15) is 4.79 Å². The Hall–Kier alpha value is -2.72. The summed E-state index contributed by atoms with van der Waals surface area (Å²) in [6, 6.07) is 25.1. The van der Waals surface area contributed by atoms with E-state index in [-0.39, 0.29) is 12.6 Å². The summed E-state index contributed by atoms with van der Waals surface area (Å²) in [5, 5.41) is 0. The third kappa shape index (κ3) is 5.38. The molecular weight excluding hydrogens is 356 g/mol. The zero-order valence-electron chi connectivity index (χ0n) is 15.5. The first-order chi connectivity index (χ1) is 13.2. The van der Waals surface area contributed by atoms with E-state index >= 15 is 0 Å². The average molecular weight is 378 g/mol. The van der Waals surface area contributed by atoms with Crippen molar-refractivity contribution >= 4 is 17.7 Å². The molecule has 0 amide bonds. The van der Waals surface area contributed by atoms with Crippen molar-refractivity contribution < 1.29 is 14.3 Å². The Kier molecular flexibility index (Phi) is 6.55. The molecule has 138 valence electrons. The van der Waals surface area contributed by atoms with Crippen molar-refractivity contribution in [1.82, 2.24) is 0 Å². The minimum absolute atomic E-state index is 0.0718. The molecule has 0 radical (unpaired) electrons. The van der Waals surface area contributed by atoms with E-state index in [1.54, 1.807) is 11.8 Å². The number of esters is 1. The fraction of sp³-hybridized carbons (Fsp3) is 0.174. The number of aryl methyl sites for hydroxylation is 1. The molecule has 0 heterocycles. The molecule has 0 aliphatic heterocycles. The van der Waals surface area contributed by atoms with Crippen molar-refractivity contribution in [2.45, 2.75) is 17.6 Å². The first-order valence-corrected chi connectivity index (χ1v) is 9.71. The molecule has 0 bridgehead atoms. The normalized spacial score (nSPS) is 10.4. The summed E-state index contributed by atoms with van der Waals surface area (Å²) in [7, 11) is 1.35. The highest BCUT2D eigenvalue weighted by Crippen LogP contribution is 2.29. The van der Waals surface area contributed by atoms with Crippen LogP contribution >= 0.6 is 11.8 Å². The summed E-state index contributed by atoms with van der Waals surface area (Å²) < 4.78 is 10.1. The summed E-state index contributed by atoms with van der Waals surface area (Å²) in [5.41, 5.74) is 4.74. The van der Waals surface area contributed by atoms with Crippen LogP contribution in [0.3, 0.4) is 0 Å². The first-order valence-electron chi connectivity index (χ1n) is 8.73. The largest absolute Gasteiger partial charge is 0.482 e. The van der Waals surface area contributed by atoms with Crippen LogP contribution in [-0.4, -0.2) is 19.7 Å². The molecule has 0 aliphatic carbocycles. The maximum absolute atomic E-state index is 11.2. The molecule has 0 atom stereocenters. The van der Waals surface area contributed by atoms with Gasteiger partial charge in [0.15, 0.2) is 6.61 Å². The van der Waals surface area contributed by atoms with Crippen LogP contribution in [0.4, 0.5) is 0 Å². The molecule has 0 aromatic heterocycles. The third-order valence-electron chi connectivity index (χ3n) is 4.19. The molecular formula is C23H22O3S. The van der Waals surface area contributed by atoms with Gasteiger partial charge in [-0.1, -0.05) is 54.6 Å². The predicted molar refractivity (Wildman–Crippen MR) is 110 cm³/mol. The van der Waals surface area contributed by atoms with E-state index in [1.165, 1.54) is 28.7 Å². The number of rotatable bonds is 7. The number of carbonyl (C=O) groups is 1. The highest BCUT2D eigenvalue weighted by Gasteiger charge is 2.06. The molecule has 0 unspecified atom stereocenters. The van der Waals surface area contributed by atoms with Gasteiger partial charge in [0.2, 0.25) is 0 Å². The van der Waals surface area contributed by atoms with Gasteiger partial charge in [0, 0.05) is 10.6 Å². The molecule has 0 aliphatic rings. The molecule has 0 N–H and O–H groups in total. The smallest absolute Gasteiger partial charge is 0.343 e. The Labute approximate surface area is 164 Å². The van der Waals surface area contributed by atoms with Gasteiger partial charge in [-0.3, -0.25) is 0 Å². The molecule has 3 aromatic carbocycles. The van der Waals surface area contributed by atoms with Crippen LogP contribution in [0.5, 0.6) is 5.75 Å². The molecule has 3 rings (SSSR count). The molecule has 27 heavy (non-hydrogen) atoms. The van der Waals surface area contributed by atoms with Gasteiger partial charge in [0.05, 0.1) is 7.11 Å². The van der Waals surface area contributed by atoms with E-state index in [0.717, 1.165) is 11.3 Å². The Morgan fingerprint density at radius 3 is 2.30 bits per heavy atom.